The highest BCUT2D eigenvalue weighted by Gasteiger charge is 2.29. The second-order valence-electron chi connectivity index (χ2n) is 5.91. The molecule has 0 radical (unpaired) electrons. The first-order valence-electron chi connectivity index (χ1n) is 8.19. The zero-order chi connectivity index (χ0) is 18.5. The third kappa shape index (κ3) is 3.97. The molecule has 2 aromatic carbocycles. The summed E-state index contributed by atoms with van der Waals surface area (Å²) < 4.78 is 0. The van der Waals surface area contributed by atoms with Gasteiger partial charge in [-0.05, 0) is 23.8 Å². The summed E-state index contributed by atoms with van der Waals surface area (Å²) in [5.74, 6) is -0.870. The third-order valence-electron chi connectivity index (χ3n) is 4.15. The largest absolute Gasteiger partial charge is 0.383 e. The van der Waals surface area contributed by atoms with Gasteiger partial charge in [0.25, 0.3) is 5.69 Å². The zero-order valence-corrected chi connectivity index (χ0v) is 13.9. The maximum Gasteiger partial charge on any atom is 0.269 e. The zero-order valence-electron chi connectivity index (χ0n) is 13.9. The number of carbonyl (C=O) groups excluding carboxylic acids is 2. The fourth-order valence-corrected chi connectivity index (χ4v) is 2.86. The van der Waals surface area contributed by atoms with E-state index in [9.17, 15) is 19.7 Å². The quantitative estimate of drug-likeness (QED) is 0.418. The van der Waals surface area contributed by atoms with Crippen LogP contribution in [0.5, 0.6) is 0 Å². The maximum absolute atomic E-state index is 12.4. The molecule has 0 aliphatic carbocycles. The first kappa shape index (κ1) is 17.4. The number of fused-ring (bicyclic) bond motifs is 1. The molecule has 0 aromatic heterocycles. The third-order valence-corrected chi connectivity index (χ3v) is 4.15. The van der Waals surface area contributed by atoms with Crippen molar-refractivity contribution in [3.8, 4) is 0 Å². The monoisotopic (exact) mass is 354 g/mol. The lowest BCUT2D eigenvalue weighted by Gasteiger charge is -2.24. The number of benzene rings is 2. The second kappa shape index (κ2) is 7.64. The summed E-state index contributed by atoms with van der Waals surface area (Å²) in [5.41, 5.74) is 2.24. The van der Waals surface area contributed by atoms with Gasteiger partial charge in [-0.25, -0.2) is 0 Å². The van der Waals surface area contributed by atoms with E-state index in [0.29, 0.717) is 18.8 Å². The van der Waals surface area contributed by atoms with Crippen LogP contribution in [0.4, 0.5) is 17.1 Å². The minimum atomic E-state index is -0.501. The lowest BCUT2D eigenvalue weighted by Crippen LogP contribution is -2.37. The lowest BCUT2D eigenvalue weighted by atomic mass is 9.90. The topological polar surface area (TPSA) is 113 Å². The number of anilines is 2. The number of nitro groups is 1. The highest BCUT2D eigenvalue weighted by molar-refractivity contribution is 6.01. The van der Waals surface area contributed by atoms with Crippen LogP contribution in [0.1, 0.15) is 17.9 Å². The number of non-ortho nitro benzene ring substituents is 1. The normalized spacial score (nSPS) is 15.5. The molecule has 0 fully saturated rings. The van der Waals surface area contributed by atoms with Gasteiger partial charge in [0, 0.05) is 43.0 Å². The van der Waals surface area contributed by atoms with Crippen molar-refractivity contribution in [1.29, 1.82) is 0 Å². The summed E-state index contributed by atoms with van der Waals surface area (Å²) in [4.78, 5) is 34.4. The molecular weight excluding hydrogens is 336 g/mol. The van der Waals surface area contributed by atoms with Crippen LogP contribution in [0.2, 0.25) is 0 Å². The summed E-state index contributed by atoms with van der Waals surface area (Å²) in [6.07, 6.45) is 0.124. The Morgan fingerprint density at radius 3 is 2.62 bits per heavy atom. The van der Waals surface area contributed by atoms with E-state index in [0.717, 1.165) is 11.3 Å². The molecular formula is C18H18N4O4. The van der Waals surface area contributed by atoms with Crippen molar-refractivity contribution in [2.24, 2.45) is 0 Å². The highest BCUT2D eigenvalue weighted by atomic mass is 16.6. The van der Waals surface area contributed by atoms with Crippen molar-refractivity contribution in [3.63, 3.8) is 0 Å². The number of rotatable bonds is 6. The summed E-state index contributed by atoms with van der Waals surface area (Å²) in [6.45, 7) is 0.834. The fraction of sp³-hybridized carbons (Fsp3) is 0.222. The van der Waals surface area contributed by atoms with Gasteiger partial charge in [-0.3, -0.25) is 19.7 Å². The molecule has 1 atom stereocenters. The molecule has 8 heteroatoms. The van der Waals surface area contributed by atoms with Gasteiger partial charge in [0.05, 0.1) is 10.8 Å². The molecule has 0 bridgehead atoms. The number of para-hydroxylation sites is 1. The molecule has 134 valence electrons. The number of hydrogen-bond acceptors (Lipinski definition) is 5. The van der Waals surface area contributed by atoms with Crippen LogP contribution in [-0.4, -0.2) is 29.8 Å². The second-order valence-corrected chi connectivity index (χ2v) is 5.91. The van der Waals surface area contributed by atoms with Gasteiger partial charge < -0.3 is 16.0 Å². The summed E-state index contributed by atoms with van der Waals surface area (Å²) in [6, 6.07) is 13.3. The Labute approximate surface area is 149 Å². The van der Waals surface area contributed by atoms with E-state index in [1.807, 2.05) is 18.2 Å². The Balaban J connectivity index is 1.51. The Kier molecular flexibility index (Phi) is 5.12. The Morgan fingerprint density at radius 1 is 1.15 bits per heavy atom. The van der Waals surface area contributed by atoms with Crippen LogP contribution >= 0.6 is 0 Å². The van der Waals surface area contributed by atoms with Crippen LogP contribution in [0.3, 0.4) is 0 Å². The molecule has 0 saturated carbocycles. The van der Waals surface area contributed by atoms with Crippen LogP contribution < -0.4 is 16.0 Å². The SMILES string of the molecule is O=C1CC(C(=O)NCCNc2ccc([N+](=O)[O-])cc2)c2ccccc2N1. The van der Waals surface area contributed by atoms with Gasteiger partial charge in [-0.2, -0.15) is 0 Å². The first-order valence-corrected chi connectivity index (χ1v) is 8.19. The Hall–Kier alpha value is -3.42. The summed E-state index contributed by atoms with van der Waals surface area (Å²) in [5, 5.41) is 19.3. The first-order chi connectivity index (χ1) is 12.5. The van der Waals surface area contributed by atoms with E-state index >= 15 is 0 Å². The van der Waals surface area contributed by atoms with Crippen molar-refractivity contribution in [2.75, 3.05) is 23.7 Å². The molecule has 1 heterocycles. The van der Waals surface area contributed by atoms with E-state index < -0.39 is 10.8 Å². The van der Waals surface area contributed by atoms with Gasteiger partial charge in [0.15, 0.2) is 0 Å². The number of nitrogens with one attached hydrogen (secondary N) is 3. The van der Waals surface area contributed by atoms with Gasteiger partial charge >= 0.3 is 0 Å². The van der Waals surface area contributed by atoms with Crippen LogP contribution in [0.25, 0.3) is 0 Å². The Morgan fingerprint density at radius 2 is 1.88 bits per heavy atom. The maximum atomic E-state index is 12.4. The summed E-state index contributed by atoms with van der Waals surface area (Å²) >= 11 is 0. The fourth-order valence-electron chi connectivity index (χ4n) is 2.86. The van der Waals surface area contributed by atoms with Crippen molar-refractivity contribution in [1.82, 2.24) is 5.32 Å². The molecule has 0 saturated heterocycles. The molecule has 2 amide bonds. The van der Waals surface area contributed by atoms with Gasteiger partial charge in [-0.1, -0.05) is 18.2 Å². The average Bonchev–Trinajstić information content (AvgIpc) is 2.64. The van der Waals surface area contributed by atoms with Crippen molar-refractivity contribution >= 4 is 28.9 Å². The highest BCUT2D eigenvalue weighted by Crippen LogP contribution is 2.31. The molecule has 26 heavy (non-hydrogen) atoms. The minimum Gasteiger partial charge on any atom is -0.383 e. The van der Waals surface area contributed by atoms with E-state index in [-0.39, 0.29) is 23.9 Å². The van der Waals surface area contributed by atoms with E-state index in [4.69, 9.17) is 0 Å². The molecule has 1 aliphatic rings. The number of nitro benzene ring substituents is 1. The summed E-state index contributed by atoms with van der Waals surface area (Å²) in [7, 11) is 0. The smallest absolute Gasteiger partial charge is 0.269 e. The molecule has 1 aliphatic heterocycles. The predicted octanol–water partition coefficient (Wildman–Crippen LogP) is 2.25. The number of nitrogens with zero attached hydrogens (tertiary/aromatic N) is 1. The number of hydrogen-bond donors (Lipinski definition) is 3. The Bertz CT molecular complexity index is 835. The lowest BCUT2D eigenvalue weighted by molar-refractivity contribution is -0.384. The van der Waals surface area contributed by atoms with Gasteiger partial charge in [-0.15, -0.1) is 0 Å². The van der Waals surface area contributed by atoms with E-state index in [2.05, 4.69) is 16.0 Å². The van der Waals surface area contributed by atoms with Crippen LogP contribution in [0.15, 0.2) is 48.5 Å². The van der Waals surface area contributed by atoms with E-state index in [1.54, 1.807) is 18.2 Å². The molecule has 8 nitrogen and oxygen atoms in total. The van der Waals surface area contributed by atoms with E-state index in [1.165, 1.54) is 12.1 Å². The van der Waals surface area contributed by atoms with Gasteiger partial charge in [0.1, 0.15) is 0 Å². The van der Waals surface area contributed by atoms with Crippen LogP contribution in [-0.2, 0) is 9.59 Å². The molecule has 0 spiro atoms. The van der Waals surface area contributed by atoms with Crippen LogP contribution in [0, 0.1) is 10.1 Å². The van der Waals surface area contributed by atoms with Crippen molar-refractivity contribution in [3.05, 3.63) is 64.2 Å². The average molecular weight is 354 g/mol. The van der Waals surface area contributed by atoms with Crippen molar-refractivity contribution < 1.29 is 14.5 Å². The standard InChI is InChI=1S/C18H18N4O4/c23-17-11-15(14-3-1-2-4-16(14)21-17)18(24)20-10-9-19-12-5-7-13(8-6-12)22(25)26/h1-8,15,19H,9-11H2,(H,20,24)(H,21,23). The predicted molar refractivity (Wildman–Crippen MR) is 97.0 cm³/mol. The minimum absolute atomic E-state index is 0.0260. The molecule has 2 aromatic rings. The number of carbonyl (C=O) groups is 2. The molecule has 3 N–H and O–H groups in total. The molecule has 1 unspecified atom stereocenters. The van der Waals surface area contributed by atoms with Gasteiger partial charge in [0.2, 0.25) is 11.8 Å². The van der Waals surface area contributed by atoms with Crippen molar-refractivity contribution in [2.45, 2.75) is 12.3 Å². The number of amides is 2. The molecule has 3 rings (SSSR count).